The van der Waals surface area contributed by atoms with Crippen molar-refractivity contribution >= 4 is 23.2 Å². The number of nitrogens with one attached hydrogen (secondary N) is 1. The highest BCUT2D eigenvalue weighted by Crippen LogP contribution is 2.34. The summed E-state index contributed by atoms with van der Waals surface area (Å²) in [6.45, 7) is 2.90. The Hall–Kier alpha value is -2.82. The molecule has 2 heterocycles. The van der Waals surface area contributed by atoms with Gasteiger partial charge >= 0.3 is 0 Å². The number of hydrogen-bond donors (Lipinski definition) is 1. The van der Waals surface area contributed by atoms with Gasteiger partial charge < -0.3 is 15.1 Å². The van der Waals surface area contributed by atoms with E-state index in [1.165, 1.54) is 5.56 Å². The second-order valence-electron chi connectivity index (χ2n) is 7.68. The van der Waals surface area contributed by atoms with E-state index < -0.39 is 0 Å². The normalized spacial score (nSPS) is 18.9. The molecular weight excluding hydrogens is 350 g/mol. The van der Waals surface area contributed by atoms with Crippen molar-refractivity contribution in [1.82, 2.24) is 4.90 Å². The summed E-state index contributed by atoms with van der Waals surface area (Å²) < 4.78 is 0. The lowest BCUT2D eigenvalue weighted by Crippen LogP contribution is -2.53. The standard InChI is InChI=1S/C23H27N3O2/c1-3-16-8-7-9-18(14-16)24-22(27)17-11-12-19-20(15-17)25(2)21-10-5-4-6-13-26(21)23(19)28/h7-9,11-12,14-15,21H,3-6,10,13H2,1-2H3,(H,24,27)/t21-/m1/s1. The monoisotopic (exact) mass is 377 g/mol. The van der Waals surface area contributed by atoms with Crippen LogP contribution in [-0.4, -0.2) is 36.5 Å². The summed E-state index contributed by atoms with van der Waals surface area (Å²) in [4.78, 5) is 29.9. The number of fused-ring (bicyclic) bond motifs is 2. The zero-order valence-electron chi connectivity index (χ0n) is 16.6. The Labute approximate surface area is 166 Å². The Bertz CT molecular complexity index is 908. The van der Waals surface area contributed by atoms with Gasteiger partial charge in [-0.3, -0.25) is 9.59 Å². The van der Waals surface area contributed by atoms with Gasteiger partial charge in [-0.1, -0.05) is 25.5 Å². The first-order valence-electron chi connectivity index (χ1n) is 10.2. The van der Waals surface area contributed by atoms with Crippen LogP contribution in [0.1, 0.15) is 58.9 Å². The molecule has 0 aromatic heterocycles. The van der Waals surface area contributed by atoms with Crippen LogP contribution in [0.4, 0.5) is 11.4 Å². The fourth-order valence-corrected chi connectivity index (χ4v) is 4.26. The summed E-state index contributed by atoms with van der Waals surface area (Å²) in [5.41, 5.74) is 4.08. The number of amides is 2. The van der Waals surface area contributed by atoms with Crippen molar-refractivity contribution in [2.75, 3.05) is 23.8 Å². The zero-order chi connectivity index (χ0) is 19.7. The number of aryl methyl sites for hydroxylation is 1. The van der Waals surface area contributed by atoms with Crippen LogP contribution in [0.3, 0.4) is 0 Å². The van der Waals surface area contributed by atoms with Gasteiger partial charge in [0.05, 0.1) is 11.3 Å². The average Bonchev–Trinajstić information content (AvgIpc) is 2.98. The molecule has 2 aliphatic heterocycles. The molecule has 2 aromatic rings. The van der Waals surface area contributed by atoms with Crippen LogP contribution in [0.5, 0.6) is 0 Å². The third-order valence-electron chi connectivity index (χ3n) is 5.89. The highest BCUT2D eigenvalue weighted by atomic mass is 16.2. The van der Waals surface area contributed by atoms with Gasteiger partial charge in [0.2, 0.25) is 0 Å². The molecule has 5 heteroatoms. The predicted octanol–water partition coefficient (Wildman–Crippen LogP) is 4.29. The van der Waals surface area contributed by atoms with Crippen molar-refractivity contribution in [2.45, 2.75) is 45.2 Å². The van der Waals surface area contributed by atoms with Crippen LogP contribution < -0.4 is 10.2 Å². The summed E-state index contributed by atoms with van der Waals surface area (Å²) in [5, 5.41) is 2.98. The van der Waals surface area contributed by atoms with E-state index in [0.29, 0.717) is 11.1 Å². The van der Waals surface area contributed by atoms with Crippen LogP contribution in [0.2, 0.25) is 0 Å². The molecule has 2 aliphatic rings. The van der Waals surface area contributed by atoms with E-state index in [2.05, 4.69) is 17.1 Å². The Morgan fingerprint density at radius 3 is 2.82 bits per heavy atom. The first kappa shape index (κ1) is 18.5. The maximum Gasteiger partial charge on any atom is 0.257 e. The van der Waals surface area contributed by atoms with Crippen LogP contribution in [0.25, 0.3) is 0 Å². The van der Waals surface area contributed by atoms with Crippen LogP contribution in [0.15, 0.2) is 42.5 Å². The second kappa shape index (κ2) is 7.66. The first-order chi connectivity index (χ1) is 13.6. The van der Waals surface area contributed by atoms with Crippen molar-refractivity contribution in [2.24, 2.45) is 0 Å². The van der Waals surface area contributed by atoms with Crippen molar-refractivity contribution in [3.8, 4) is 0 Å². The minimum atomic E-state index is -0.153. The molecule has 0 aliphatic carbocycles. The molecule has 1 fully saturated rings. The average molecular weight is 377 g/mol. The lowest BCUT2D eigenvalue weighted by atomic mass is 10.0. The lowest BCUT2D eigenvalue weighted by molar-refractivity contribution is 0.0661. The minimum Gasteiger partial charge on any atom is -0.354 e. The number of carbonyl (C=O) groups excluding carboxylic acids is 2. The molecule has 0 spiro atoms. The topological polar surface area (TPSA) is 52.7 Å². The second-order valence-corrected chi connectivity index (χ2v) is 7.68. The minimum absolute atomic E-state index is 0.0852. The SMILES string of the molecule is CCc1cccc(NC(=O)c2ccc3c(c2)N(C)[C@H]2CCCCCN2C3=O)c1. The summed E-state index contributed by atoms with van der Waals surface area (Å²) in [6.07, 6.45) is 5.33. The zero-order valence-corrected chi connectivity index (χ0v) is 16.6. The molecule has 1 atom stereocenters. The molecule has 0 unspecified atom stereocenters. The van der Waals surface area contributed by atoms with Gasteiger partial charge in [-0.25, -0.2) is 0 Å². The fourth-order valence-electron chi connectivity index (χ4n) is 4.26. The van der Waals surface area contributed by atoms with E-state index in [1.54, 1.807) is 12.1 Å². The Morgan fingerprint density at radius 2 is 2.00 bits per heavy atom. The highest BCUT2D eigenvalue weighted by Gasteiger charge is 2.36. The third kappa shape index (κ3) is 3.37. The fraction of sp³-hybridized carbons (Fsp3) is 0.391. The number of hydrogen-bond acceptors (Lipinski definition) is 3. The molecular formula is C23H27N3O2. The Balaban J connectivity index is 1.61. The summed E-state index contributed by atoms with van der Waals surface area (Å²) in [5.74, 6) is -0.0668. The van der Waals surface area contributed by atoms with E-state index >= 15 is 0 Å². The molecule has 5 nitrogen and oxygen atoms in total. The molecule has 0 radical (unpaired) electrons. The number of rotatable bonds is 3. The van der Waals surface area contributed by atoms with E-state index in [-0.39, 0.29) is 18.0 Å². The summed E-state index contributed by atoms with van der Waals surface area (Å²) in [7, 11) is 2.03. The molecule has 146 valence electrons. The Morgan fingerprint density at radius 1 is 1.14 bits per heavy atom. The highest BCUT2D eigenvalue weighted by molar-refractivity contribution is 6.08. The van der Waals surface area contributed by atoms with E-state index in [9.17, 15) is 9.59 Å². The quantitative estimate of drug-likeness (QED) is 0.868. The van der Waals surface area contributed by atoms with E-state index in [1.807, 2.05) is 42.3 Å². The molecule has 4 rings (SSSR count). The van der Waals surface area contributed by atoms with Gasteiger partial charge in [0.1, 0.15) is 6.17 Å². The smallest absolute Gasteiger partial charge is 0.257 e. The maximum atomic E-state index is 13.0. The van der Waals surface area contributed by atoms with Gasteiger partial charge in [-0.15, -0.1) is 0 Å². The van der Waals surface area contributed by atoms with Gasteiger partial charge in [-0.2, -0.15) is 0 Å². The molecule has 0 bridgehead atoms. The van der Waals surface area contributed by atoms with Crippen LogP contribution in [-0.2, 0) is 6.42 Å². The summed E-state index contributed by atoms with van der Waals surface area (Å²) in [6, 6.07) is 13.3. The molecule has 2 aromatic carbocycles. The van der Waals surface area contributed by atoms with Crippen molar-refractivity contribution in [3.05, 3.63) is 59.2 Å². The van der Waals surface area contributed by atoms with Gasteiger partial charge in [-0.05, 0) is 61.6 Å². The van der Waals surface area contributed by atoms with Gasteiger partial charge in [0, 0.05) is 24.8 Å². The summed E-state index contributed by atoms with van der Waals surface area (Å²) >= 11 is 0. The number of anilines is 2. The van der Waals surface area contributed by atoms with Gasteiger partial charge in [0.25, 0.3) is 11.8 Å². The molecule has 0 saturated carbocycles. The number of carbonyl (C=O) groups is 2. The number of nitrogens with zero attached hydrogens (tertiary/aromatic N) is 2. The number of benzene rings is 2. The van der Waals surface area contributed by atoms with Gasteiger partial charge in [0.15, 0.2) is 0 Å². The van der Waals surface area contributed by atoms with Crippen LogP contribution in [0, 0.1) is 0 Å². The molecule has 2 amide bonds. The predicted molar refractivity (Wildman–Crippen MR) is 112 cm³/mol. The van der Waals surface area contributed by atoms with Crippen molar-refractivity contribution < 1.29 is 9.59 Å². The third-order valence-corrected chi connectivity index (χ3v) is 5.89. The van der Waals surface area contributed by atoms with E-state index in [4.69, 9.17) is 0 Å². The van der Waals surface area contributed by atoms with Crippen molar-refractivity contribution in [1.29, 1.82) is 0 Å². The van der Waals surface area contributed by atoms with Crippen molar-refractivity contribution in [3.63, 3.8) is 0 Å². The maximum absolute atomic E-state index is 13.0. The molecule has 1 saturated heterocycles. The Kier molecular flexibility index (Phi) is 5.07. The lowest BCUT2D eigenvalue weighted by Gasteiger charge is -2.43. The molecule has 1 N–H and O–H groups in total. The van der Waals surface area contributed by atoms with E-state index in [0.717, 1.165) is 50.0 Å². The van der Waals surface area contributed by atoms with Crippen LogP contribution >= 0.6 is 0 Å². The largest absolute Gasteiger partial charge is 0.354 e. The first-order valence-corrected chi connectivity index (χ1v) is 10.2. The molecule has 28 heavy (non-hydrogen) atoms.